The van der Waals surface area contributed by atoms with E-state index in [1.165, 1.54) is 0 Å². The van der Waals surface area contributed by atoms with Crippen molar-refractivity contribution in [2.45, 2.75) is 51.7 Å². The van der Waals surface area contributed by atoms with Crippen molar-refractivity contribution in [3.8, 4) is 0 Å². The summed E-state index contributed by atoms with van der Waals surface area (Å²) in [6, 6.07) is 19.0. The summed E-state index contributed by atoms with van der Waals surface area (Å²) in [5.41, 5.74) is 2.12. The van der Waals surface area contributed by atoms with E-state index in [4.69, 9.17) is 46.4 Å². The maximum Gasteiger partial charge on any atom is 0.243 e. The Bertz CT molecular complexity index is 1180. The summed E-state index contributed by atoms with van der Waals surface area (Å²) in [6.45, 7) is 4.04. The Morgan fingerprint density at radius 1 is 0.889 bits per heavy atom. The Hall–Kier alpha value is -2.24. The van der Waals surface area contributed by atoms with Crippen LogP contribution in [0, 0.1) is 0 Å². The molecule has 0 unspecified atom stereocenters. The fourth-order valence-corrected chi connectivity index (χ4v) is 4.78. The molecular formula is C28H28Cl4N2O2. The molecule has 3 rings (SSSR count). The number of benzene rings is 3. The number of halogens is 4. The van der Waals surface area contributed by atoms with Crippen LogP contribution in [0.15, 0.2) is 66.7 Å². The largest absolute Gasteiger partial charge is 0.352 e. The number of carbonyl (C=O) groups excluding carboxylic acids is 2. The summed E-state index contributed by atoms with van der Waals surface area (Å²) < 4.78 is 0. The zero-order valence-electron chi connectivity index (χ0n) is 20.1. The Balaban J connectivity index is 2.04. The highest BCUT2D eigenvalue weighted by atomic mass is 35.5. The third-order valence-electron chi connectivity index (χ3n) is 6.02. The fraction of sp³-hybridized carbons (Fsp3) is 0.286. The molecule has 3 aromatic carbocycles. The van der Waals surface area contributed by atoms with E-state index >= 15 is 0 Å². The number of hydrogen-bond donors (Lipinski definition) is 1. The number of hydrogen-bond acceptors (Lipinski definition) is 2. The van der Waals surface area contributed by atoms with Crippen LogP contribution >= 0.6 is 46.4 Å². The van der Waals surface area contributed by atoms with Gasteiger partial charge in [-0.05, 0) is 54.3 Å². The molecule has 0 aliphatic heterocycles. The molecule has 0 spiro atoms. The van der Waals surface area contributed by atoms with E-state index in [-0.39, 0.29) is 30.8 Å². The van der Waals surface area contributed by atoms with Crippen molar-refractivity contribution in [3.05, 3.63) is 104 Å². The van der Waals surface area contributed by atoms with Crippen molar-refractivity contribution in [3.63, 3.8) is 0 Å². The summed E-state index contributed by atoms with van der Waals surface area (Å²) in [6.07, 6.45) is 1.03. The van der Waals surface area contributed by atoms with E-state index in [0.717, 1.165) is 12.0 Å². The van der Waals surface area contributed by atoms with Crippen LogP contribution in [0.2, 0.25) is 20.1 Å². The SMILES string of the molecule is CC[C@@H](C)NC(=O)[C@H](Cc1ccccc1)N(Cc1ccc(Cl)cc1Cl)C(=O)Cc1c(Cl)cccc1Cl. The van der Waals surface area contributed by atoms with Gasteiger partial charge < -0.3 is 10.2 Å². The molecule has 3 aromatic rings. The number of nitrogens with zero attached hydrogens (tertiary/aromatic N) is 1. The van der Waals surface area contributed by atoms with Gasteiger partial charge >= 0.3 is 0 Å². The Morgan fingerprint density at radius 3 is 2.17 bits per heavy atom. The zero-order chi connectivity index (χ0) is 26.2. The van der Waals surface area contributed by atoms with Crippen molar-refractivity contribution in [2.75, 3.05) is 0 Å². The smallest absolute Gasteiger partial charge is 0.243 e. The van der Waals surface area contributed by atoms with Crippen LogP contribution in [-0.2, 0) is 29.0 Å². The predicted octanol–water partition coefficient (Wildman–Crippen LogP) is 7.40. The van der Waals surface area contributed by atoms with Crippen molar-refractivity contribution in [1.29, 1.82) is 0 Å². The molecule has 0 radical (unpaired) electrons. The van der Waals surface area contributed by atoms with Crippen LogP contribution in [0.3, 0.4) is 0 Å². The summed E-state index contributed by atoms with van der Waals surface area (Å²) in [5.74, 6) is -0.534. The van der Waals surface area contributed by atoms with Gasteiger partial charge in [0, 0.05) is 39.1 Å². The van der Waals surface area contributed by atoms with Gasteiger partial charge in [0.25, 0.3) is 0 Å². The van der Waals surface area contributed by atoms with Gasteiger partial charge in [0.2, 0.25) is 11.8 Å². The quantitative estimate of drug-likeness (QED) is 0.278. The lowest BCUT2D eigenvalue weighted by Crippen LogP contribution is -2.52. The average Bonchev–Trinajstić information content (AvgIpc) is 2.85. The number of nitrogens with one attached hydrogen (secondary N) is 1. The van der Waals surface area contributed by atoms with Gasteiger partial charge in [-0.15, -0.1) is 0 Å². The first-order valence-electron chi connectivity index (χ1n) is 11.7. The monoisotopic (exact) mass is 564 g/mol. The molecule has 0 fully saturated rings. The molecule has 2 atom stereocenters. The molecule has 0 saturated heterocycles. The third-order valence-corrected chi connectivity index (χ3v) is 7.31. The second-order valence-electron chi connectivity index (χ2n) is 8.66. The van der Waals surface area contributed by atoms with Crippen molar-refractivity contribution in [1.82, 2.24) is 10.2 Å². The van der Waals surface area contributed by atoms with Crippen LogP contribution < -0.4 is 5.32 Å². The normalized spacial score (nSPS) is 12.6. The highest BCUT2D eigenvalue weighted by molar-refractivity contribution is 6.36. The average molecular weight is 566 g/mol. The van der Waals surface area contributed by atoms with Gasteiger partial charge in [0.05, 0.1) is 6.42 Å². The summed E-state index contributed by atoms with van der Waals surface area (Å²) in [5, 5.41) is 4.73. The van der Waals surface area contributed by atoms with E-state index in [0.29, 0.717) is 37.6 Å². The topological polar surface area (TPSA) is 49.4 Å². The summed E-state index contributed by atoms with van der Waals surface area (Å²) in [7, 11) is 0. The molecule has 190 valence electrons. The first kappa shape index (κ1) is 28.3. The lowest BCUT2D eigenvalue weighted by Gasteiger charge is -2.33. The lowest BCUT2D eigenvalue weighted by molar-refractivity contribution is -0.141. The maximum absolute atomic E-state index is 13.9. The standard InChI is InChI=1S/C28H28Cl4N2O2/c1-3-18(2)33-28(36)26(14-19-8-5-4-6-9-19)34(17-20-12-13-21(29)15-25(20)32)27(35)16-22-23(30)10-7-11-24(22)31/h4-13,15,18,26H,3,14,16-17H2,1-2H3,(H,33,36)/t18-,26+/m1/s1. The Morgan fingerprint density at radius 2 is 1.56 bits per heavy atom. The fourth-order valence-electron chi connectivity index (χ4n) is 3.78. The van der Waals surface area contributed by atoms with Crippen LogP contribution in [-0.4, -0.2) is 28.8 Å². The van der Waals surface area contributed by atoms with E-state index in [1.807, 2.05) is 44.2 Å². The van der Waals surface area contributed by atoms with Crippen molar-refractivity contribution in [2.24, 2.45) is 0 Å². The van der Waals surface area contributed by atoms with Gasteiger partial charge in [-0.1, -0.05) is 95.8 Å². The molecule has 4 nitrogen and oxygen atoms in total. The molecule has 0 saturated carbocycles. The van der Waals surface area contributed by atoms with Gasteiger partial charge in [-0.2, -0.15) is 0 Å². The summed E-state index contributed by atoms with van der Waals surface area (Å²) >= 11 is 25.3. The van der Waals surface area contributed by atoms with Crippen LogP contribution in [0.1, 0.15) is 37.0 Å². The molecule has 0 aliphatic rings. The third kappa shape index (κ3) is 7.63. The Kier molecular flexibility index (Phi) is 10.5. The van der Waals surface area contributed by atoms with Crippen molar-refractivity contribution < 1.29 is 9.59 Å². The molecule has 0 aliphatic carbocycles. The highest BCUT2D eigenvalue weighted by Gasteiger charge is 2.32. The molecule has 1 N–H and O–H groups in total. The second-order valence-corrected chi connectivity index (χ2v) is 10.3. The van der Waals surface area contributed by atoms with E-state index in [1.54, 1.807) is 41.3 Å². The minimum Gasteiger partial charge on any atom is -0.352 e. The van der Waals surface area contributed by atoms with Gasteiger partial charge in [-0.3, -0.25) is 9.59 Å². The first-order valence-corrected chi connectivity index (χ1v) is 13.2. The maximum atomic E-state index is 13.9. The minimum atomic E-state index is -0.790. The van der Waals surface area contributed by atoms with Gasteiger partial charge in [-0.25, -0.2) is 0 Å². The number of amides is 2. The first-order chi connectivity index (χ1) is 17.2. The highest BCUT2D eigenvalue weighted by Crippen LogP contribution is 2.28. The second kappa shape index (κ2) is 13.3. The minimum absolute atomic E-state index is 0.0511. The van der Waals surface area contributed by atoms with Crippen molar-refractivity contribution >= 4 is 58.2 Å². The molecule has 0 aromatic heterocycles. The molecular weight excluding hydrogens is 538 g/mol. The van der Waals surface area contributed by atoms with Crippen LogP contribution in [0.4, 0.5) is 0 Å². The van der Waals surface area contributed by atoms with Crippen LogP contribution in [0.25, 0.3) is 0 Å². The lowest BCUT2D eigenvalue weighted by atomic mass is 10.0. The summed E-state index contributed by atoms with van der Waals surface area (Å²) in [4.78, 5) is 29.0. The van der Waals surface area contributed by atoms with Gasteiger partial charge in [0.1, 0.15) is 6.04 Å². The predicted molar refractivity (Wildman–Crippen MR) is 149 cm³/mol. The molecule has 36 heavy (non-hydrogen) atoms. The number of carbonyl (C=O) groups is 2. The molecule has 2 amide bonds. The van der Waals surface area contributed by atoms with Gasteiger partial charge in [0.15, 0.2) is 0 Å². The van der Waals surface area contributed by atoms with E-state index < -0.39 is 6.04 Å². The zero-order valence-corrected chi connectivity index (χ0v) is 23.1. The molecule has 8 heteroatoms. The Labute approximate surface area is 232 Å². The molecule has 0 heterocycles. The molecule has 0 bridgehead atoms. The van der Waals surface area contributed by atoms with E-state index in [9.17, 15) is 9.59 Å². The van der Waals surface area contributed by atoms with E-state index in [2.05, 4.69) is 5.32 Å². The van der Waals surface area contributed by atoms with Crippen LogP contribution in [0.5, 0.6) is 0 Å². The number of rotatable bonds is 10.